The van der Waals surface area contributed by atoms with E-state index in [1.807, 2.05) is 30.3 Å². The summed E-state index contributed by atoms with van der Waals surface area (Å²) in [5.41, 5.74) is 7.46. The van der Waals surface area contributed by atoms with Crippen LogP contribution in [0.5, 0.6) is 5.75 Å². The number of rotatable bonds is 4. The summed E-state index contributed by atoms with van der Waals surface area (Å²) in [5, 5.41) is 0.957. The van der Waals surface area contributed by atoms with Gasteiger partial charge in [-0.15, -0.1) is 11.8 Å². The maximum absolute atomic E-state index is 5.60. The molecule has 0 amide bonds. The monoisotopic (exact) mass is 324 g/mol. The predicted octanol–water partition coefficient (Wildman–Crippen LogP) is 3.73. The fourth-order valence-electron chi connectivity index (χ4n) is 1.42. The van der Waals surface area contributed by atoms with Gasteiger partial charge in [0.1, 0.15) is 5.75 Å². The SMILES string of the molecule is COc1ccc(Br)c(CSc2ccc(N)cn2)c1. The Labute approximate surface area is 119 Å². The topological polar surface area (TPSA) is 48.1 Å². The predicted molar refractivity (Wildman–Crippen MR) is 78.9 cm³/mol. The van der Waals surface area contributed by atoms with E-state index in [1.165, 1.54) is 5.56 Å². The van der Waals surface area contributed by atoms with Crippen molar-refractivity contribution in [3.8, 4) is 5.75 Å². The highest BCUT2D eigenvalue weighted by atomic mass is 79.9. The number of thioether (sulfide) groups is 1. The number of benzene rings is 1. The molecule has 5 heteroatoms. The van der Waals surface area contributed by atoms with Crippen molar-refractivity contribution in [1.29, 1.82) is 0 Å². The maximum Gasteiger partial charge on any atom is 0.119 e. The number of ether oxygens (including phenoxy) is 1. The molecule has 0 unspecified atom stereocenters. The largest absolute Gasteiger partial charge is 0.497 e. The molecule has 0 aliphatic carbocycles. The standard InChI is InChI=1S/C13H13BrN2OS/c1-17-11-3-4-12(14)9(6-11)8-18-13-5-2-10(15)7-16-13/h2-7H,8,15H2,1H3. The number of nitrogens with zero attached hydrogens (tertiary/aromatic N) is 1. The molecule has 2 aromatic rings. The van der Waals surface area contributed by atoms with E-state index in [1.54, 1.807) is 25.1 Å². The van der Waals surface area contributed by atoms with Gasteiger partial charge in [-0.3, -0.25) is 0 Å². The highest BCUT2D eigenvalue weighted by Gasteiger charge is 2.04. The van der Waals surface area contributed by atoms with Gasteiger partial charge in [0.05, 0.1) is 24.0 Å². The highest BCUT2D eigenvalue weighted by molar-refractivity contribution is 9.10. The second kappa shape index (κ2) is 6.11. The number of nitrogens with two attached hydrogens (primary N) is 1. The molecule has 94 valence electrons. The number of hydrogen-bond acceptors (Lipinski definition) is 4. The summed E-state index contributed by atoms with van der Waals surface area (Å²) < 4.78 is 6.29. The number of aromatic nitrogens is 1. The number of pyridine rings is 1. The van der Waals surface area contributed by atoms with Crippen molar-refractivity contribution >= 4 is 33.4 Å². The summed E-state index contributed by atoms with van der Waals surface area (Å²) in [6.07, 6.45) is 1.67. The Hall–Kier alpha value is -1.20. The zero-order valence-corrected chi connectivity index (χ0v) is 12.3. The number of hydrogen-bond donors (Lipinski definition) is 1. The highest BCUT2D eigenvalue weighted by Crippen LogP contribution is 2.28. The molecule has 0 aliphatic rings. The molecule has 0 atom stereocenters. The smallest absolute Gasteiger partial charge is 0.119 e. The summed E-state index contributed by atoms with van der Waals surface area (Å²) in [7, 11) is 1.67. The third kappa shape index (κ3) is 3.40. The van der Waals surface area contributed by atoms with Crippen LogP contribution in [0.3, 0.4) is 0 Å². The van der Waals surface area contributed by atoms with Gasteiger partial charge in [0.15, 0.2) is 0 Å². The van der Waals surface area contributed by atoms with Crippen molar-refractivity contribution in [2.45, 2.75) is 10.8 Å². The lowest BCUT2D eigenvalue weighted by Gasteiger charge is -2.07. The minimum atomic E-state index is 0.682. The molecule has 1 aromatic heterocycles. The molecule has 0 radical (unpaired) electrons. The summed E-state index contributed by atoms with van der Waals surface area (Å²) in [4.78, 5) is 4.26. The Balaban J connectivity index is 2.07. The fraction of sp³-hybridized carbons (Fsp3) is 0.154. The number of anilines is 1. The van der Waals surface area contributed by atoms with Crippen LogP contribution < -0.4 is 10.5 Å². The number of nitrogen functional groups attached to an aromatic ring is 1. The van der Waals surface area contributed by atoms with Crippen molar-refractivity contribution in [3.63, 3.8) is 0 Å². The molecule has 0 bridgehead atoms. The average molecular weight is 325 g/mol. The van der Waals surface area contributed by atoms with E-state index >= 15 is 0 Å². The van der Waals surface area contributed by atoms with E-state index in [9.17, 15) is 0 Å². The van der Waals surface area contributed by atoms with Gasteiger partial charge < -0.3 is 10.5 Å². The van der Waals surface area contributed by atoms with Crippen LogP contribution in [0.15, 0.2) is 46.0 Å². The quantitative estimate of drug-likeness (QED) is 0.870. The molecule has 0 saturated heterocycles. The van der Waals surface area contributed by atoms with Gasteiger partial charge in [-0.1, -0.05) is 15.9 Å². The lowest BCUT2D eigenvalue weighted by molar-refractivity contribution is 0.414. The second-order valence-electron chi connectivity index (χ2n) is 3.68. The van der Waals surface area contributed by atoms with Gasteiger partial charge in [0, 0.05) is 10.2 Å². The second-order valence-corrected chi connectivity index (χ2v) is 5.53. The van der Waals surface area contributed by atoms with Crippen LogP contribution in [-0.4, -0.2) is 12.1 Å². The van der Waals surface area contributed by atoms with Crippen LogP contribution in [0.4, 0.5) is 5.69 Å². The molecule has 18 heavy (non-hydrogen) atoms. The van der Waals surface area contributed by atoms with Gasteiger partial charge in [0.25, 0.3) is 0 Å². The van der Waals surface area contributed by atoms with Crippen LogP contribution in [0, 0.1) is 0 Å². The van der Waals surface area contributed by atoms with Gasteiger partial charge in [-0.2, -0.15) is 0 Å². The summed E-state index contributed by atoms with van der Waals surface area (Å²) in [5.74, 6) is 1.69. The summed E-state index contributed by atoms with van der Waals surface area (Å²) >= 11 is 5.20. The Morgan fingerprint density at radius 3 is 2.83 bits per heavy atom. The first-order valence-corrected chi connectivity index (χ1v) is 7.13. The zero-order valence-electron chi connectivity index (χ0n) is 9.89. The molecular weight excluding hydrogens is 312 g/mol. The van der Waals surface area contributed by atoms with E-state index < -0.39 is 0 Å². The minimum absolute atomic E-state index is 0.682. The van der Waals surface area contributed by atoms with E-state index in [0.717, 1.165) is 21.0 Å². The van der Waals surface area contributed by atoms with Gasteiger partial charge in [-0.25, -0.2) is 4.98 Å². The van der Waals surface area contributed by atoms with Gasteiger partial charge in [0.2, 0.25) is 0 Å². The zero-order chi connectivity index (χ0) is 13.0. The normalized spacial score (nSPS) is 10.3. The summed E-state index contributed by atoms with van der Waals surface area (Å²) in [6.45, 7) is 0. The van der Waals surface area contributed by atoms with E-state index in [0.29, 0.717) is 5.69 Å². The molecule has 1 heterocycles. The Morgan fingerprint density at radius 2 is 2.17 bits per heavy atom. The molecular formula is C13H13BrN2OS. The van der Waals surface area contributed by atoms with E-state index in [-0.39, 0.29) is 0 Å². The average Bonchev–Trinajstić information content (AvgIpc) is 2.40. The number of methoxy groups -OCH3 is 1. The van der Waals surface area contributed by atoms with Gasteiger partial charge in [-0.05, 0) is 35.9 Å². The van der Waals surface area contributed by atoms with Crippen LogP contribution in [0.25, 0.3) is 0 Å². The molecule has 0 aliphatic heterocycles. The Kier molecular flexibility index (Phi) is 4.49. The van der Waals surface area contributed by atoms with Crippen molar-refractivity contribution in [2.24, 2.45) is 0 Å². The van der Waals surface area contributed by atoms with Crippen molar-refractivity contribution < 1.29 is 4.74 Å². The maximum atomic E-state index is 5.60. The fourth-order valence-corrected chi connectivity index (χ4v) is 2.82. The molecule has 0 saturated carbocycles. The third-order valence-corrected chi connectivity index (χ3v) is 4.15. The molecule has 0 fully saturated rings. The van der Waals surface area contributed by atoms with Crippen molar-refractivity contribution in [2.75, 3.05) is 12.8 Å². The van der Waals surface area contributed by atoms with Crippen molar-refractivity contribution in [1.82, 2.24) is 4.98 Å². The van der Waals surface area contributed by atoms with Crippen LogP contribution in [-0.2, 0) is 5.75 Å². The van der Waals surface area contributed by atoms with Gasteiger partial charge >= 0.3 is 0 Å². The third-order valence-electron chi connectivity index (χ3n) is 2.39. The van der Waals surface area contributed by atoms with Crippen LogP contribution >= 0.6 is 27.7 Å². The lowest BCUT2D eigenvalue weighted by Crippen LogP contribution is -1.89. The minimum Gasteiger partial charge on any atom is -0.497 e. The molecule has 0 spiro atoms. The Bertz CT molecular complexity index is 531. The van der Waals surface area contributed by atoms with Crippen LogP contribution in [0.2, 0.25) is 0 Å². The first kappa shape index (κ1) is 13.2. The molecule has 3 nitrogen and oxygen atoms in total. The van der Waals surface area contributed by atoms with Crippen molar-refractivity contribution in [3.05, 3.63) is 46.6 Å². The molecule has 2 rings (SSSR count). The molecule has 2 N–H and O–H groups in total. The number of halogens is 1. The Morgan fingerprint density at radius 1 is 1.33 bits per heavy atom. The first-order chi connectivity index (χ1) is 8.69. The summed E-state index contributed by atoms with van der Waals surface area (Å²) in [6, 6.07) is 9.73. The molecule has 1 aromatic carbocycles. The lowest BCUT2D eigenvalue weighted by atomic mass is 10.2. The first-order valence-electron chi connectivity index (χ1n) is 5.36. The van der Waals surface area contributed by atoms with Crippen LogP contribution in [0.1, 0.15) is 5.56 Å². The van der Waals surface area contributed by atoms with E-state index in [4.69, 9.17) is 10.5 Å². The van der Waals surface area contributed by atoms with E-state index in [2.05, 4.69) is 20.9 Å².